The number of carbonyl (C=O) groups is 2. The Bertz CT molecular complexity index is 938. The maximum atomic E-state index is 12.7. The van der Waals surface area contributed by atoms with Gasteiger partial charge in [0.05, 0.1) is 17.0 Å². The minimum atomic E-state index is -0.440. The monoisotopic (exact) mass is 354 g/mol. The van der Waals surface area contributed by atoms with Crippen LogP contribution in [0.15, 0.2) is 35.3 Å². The van der Waals surface area contributed by atoms with Crippen LogP contribution in [0.5, 0.6) is 0 Å². The van der Waals surface area contributed by atoms with Crippen LogP contribution in [-0.4, -0.2) is 58.1 Å². The average Bonchev–Trinajstić information content (AvgIpc) is 3.07. The second-order valence-corrected chi connectivity index (χ2v) is 7.37. The summed E-state index contributed by atoms with van der Waals surface area (Å²) in [5, 5.41) is 5.44. The zero-order valence-electron chi connectivity index (χ0n) is 14.9. The van der Waals surface area contributed by atoms with Crippen molar-refractivity contribution in [3.63, 3.8) is 0 Å². The van der Waals surface area contributed by atoms with Crippen molar-refractivity contribution >= 4 is 22.6 Å². The fourth-order valence-corrected chi connectivity index (χ4v) is 4.20. The number of hydrogen-bond acceptors (Lipinski definition) is 4. The zero-order chi connectivity index (χ0) is 18.3. The molecule has 0 N–H and O–H groups in total. The molecule has 0 saturated carbocycles. The molecule has 2 fully saturated rings. The predicted molar refractivity (Wildman–Crippen MR) is 96.5 cm³/mol. The second-order valence-electron chi connectivity index (χ2n) is 7.37. The highest BCUT2D eigenvalue weighted by Gasteiger charge is 2.48. The number of nitrogens with zero attached hydrogens (tertiary/aromatic N) is 4. The third-order valence-corrected chi connectivity index (χ3v) is 5.70. The Balaban J connectivity index is 1.52. The third-order valence-electron chi connectivity index (χ3n) is 5.70. The first kappa shape index (κ1) is 16.8. The Labute approximate surface area is 151 Å². The van der Waals surface area contributed by atoms with E-state index in [0.717, 1.165) is 24.8 Å². The number of aromatic nitrogens is 2. The molecule has 136 valence electrons. The number of hydrogen-bond donors (Lipinski definition) is 0. The van der Waals surface area contributed by atoms with E-state index in [-0.39, 0.29) is 23.9 Å². The van der Waals surface area contributed by atoms with Crippen molar-refractivity contribution in [2.24, 2.45) is 5.41 Å². The normalized spacial score (nSPS) is 23.2. The Kier molecular flexibility index (Phi) is 4.01. The molecule has 2 aliphatic rings. The van der Waals surface area contributed by atoms with Gasteiger partial charge in [0, 0.05) is 32.1 Å². The Morgan fingerprint density at radius 2 is 2.00 bits per heavy atom. The van der Waals surface area contributed by atoms with Gasteiger partial charge in [-0.1, -0.05) is 18.2 Å². The molecule has 1 spiro atoms. The summed E-state index contributed by atoms with van der Waals surface area (Å²) in [6.07, 6.45) is 4.10. The maximum Gasteiger partial charge on any atom is 0.275 e. The van der Waals surface area contributed by atoms with Gasteiger partial charge in [0.2, 0.25) is 11.8 Å². The van der Waals surface area contributed by atoms with Crippen molar-refractivity contribution in [1.82, 2.24) is 19.6 Å². The van der Waals surface area contributed by atoms with Crippen LogP contribution in [-0.2, 0) is 16.1 Å². The molecule has 7 heteroatoms. The molecule has 2 aromatic rings. The van der Waals surface area contributed by atoms with Crippen LogP contribution in [0.1, 0.15) is 19.3 Å². The first-order valence-corrected chi connectivity index (χ1v) is 8.98. The molecule has 3 heterocycles. The van der Waals surface area contributed by atoms with Crippen molar-refractivity contribution in [3.8, 4) is 0 Å². The van der Waals surface area contributed by atoms with E-state index >= 15 is 0 Å². The average molecular weight is 354 g/mol. The van der Waals surface area contributed by atoms with E-state index in [0.29, 0.717) is 24.9 Å². The lowest BCUT2D eigenvalue weighted by atomic mass is 9.78. The molecule has 1 atom stereocenters. The second kappa shape index (κ2) is 6.23. The number of rotatable bonds is 2. The Morgan fingerprint density at radius 1 is 1.19 bits per heavy atom. The summed E-state index contributed by atoms with van der Waals surface area (Å²) in [6.45, 7) is 1.69. The lowest BCUT2D eigenvalue weighted by Gasteiger charge is -2.37. The SMILES string of the molecule is CN1CCC[C@]2(CCN(C(=O)Cn3ncc4ccccc4c3=O)C2)C1=O. The first-order valence-electron chi connectivity index (χ1n) is 8.98. The maximum absolute atomic E-state index is 12.7. The van der Waals surface area contributed by atoms with Crippen molar-refractivity contribution in [3.05, 3.63) is 40.8 Å². The van der Waals surface area contributed by atoms with Crippen LogP contribution < -0.4 is 5.56 Å². The van der Waals surface area contributed by atoms with Gasteiger partial charge >= 0.3 is 0 Å². The van der Waals surface area contributed by atoms with E-state index in [2.05, 4.69) is 5.10 Å². The fourth-order valence-electron chi connectivity index (χ4n) is 4.20. The smallest absolute Gasteiger partial charge is 0.275 e. The molecule has 2 saturated heterocycles. The molecule has 0 aliphatic carbocycles. The first-order chi connectivity index (χ1) is 12.5. The number of carbonyl (C=O) groups excluding carboxylic acids is 2. The molecule has 1 aromatic heterocycles. The van der Waals surface area contributed by atoms with Gasteiger partial charge in [-0.2, -0.15) is 5.10 Å². The summed E-state index contributed by atoms with van der Waals surface area (Å²) >= 11 is 0. The lowest BCUT2D eigenvalue weighted by Crippen LogP contribution is -2.49. The quantitative estimate of drug-likeness (QED) is 0.802. The predicted octanol–water partition coefficient (Wildman–Crippen LogP) is 0.867. The molecule has 0 radical (unpaired) electrons. The van der Waals surface area contributed by atoms with Crippen molar-refractivity contribution in [2.45, 2.75) is 25.8 Å². The van der Waals surface area contributed by atoms with Crippen LogP contribution in [0, 0.1) is 5.41 Å². The van der Waals surface area contributed by atoms with Gasteiger partial charge in [-0.15, -0.1) is 0 Å². The van der Waals surface area contributed by atoms with Crippen molar-refractivity contribution in [1.29, 1.82) is 0 Å². The topological polar surface area (TPSA) is 75.5 Å². The van der Waals surface area contributed by atoms with Gasteiger partial charge in [0.25, 0.3) is 5.56 Å². The van der Waals surface area contributed by atoms with E-state index in [1.54, 1.807) is 28.1 Å². The van der Waals surface area contributed by atoms with E-state index in [9.17, 15) is 14.4 Å². The van der Waals surface area contributed by atoms with Crippen LogP contribution in [0.3, 0.4) is 0 Å². The minimum Gasteiger partial charge on any atom is -0.345 e. The molecule has 0 unspecified atom stereocenters. The third kappa shape index (κ3) is 2.67. The van der Waals surface area contributed by atoms with E-state index < -0.39 is 5.41 Å². The number of likely N-dealkylation sites (tertiary alicyclic amines) is 2. The largest absolute Gasteiger partial charge is 0.345 e. The summed E-state index contributed by atoms with van der Waals surface area (Å²) in [5.74, 6) is -0.0205. The van der Waals surface area contributed by atoms with Gasteiger partial charge in [-0.3, -0.25) is 14.4 Å². The molecule has 2 amide bonds. The summed E-state index contributed by atoms with van der Waals surface area (Å²) < 4.78 is 1.21. The van der Waals surface area contributed by atoms with E-state index in [1.807, 2.05) is 19.2 Å². The summed E-state index contributed by atoms with van der Waals surface area (Å²) in [7, 11) is 1.83. The van der Waals surface area contributed by atoms with Crippen LogP contribution >= 0.6 is 0 Å². The van der Waals surface area contributed by atoms with Crippen LogP contribution in [0.25, 0.3) is 10.8 Å². The van der Waals surface area contributed by atoms with Crippen molar-refractivity contribution < 1.29 is 9.59 Å². The number of fused-ring (bicyclic) bond motifs is 1. The summed E-state index contributed by atoms with van der Waals surface area (Å²) in [6, 6.07) is 7.21. The molecule has 0 bridgehead atoms. The standard InChI is InChI=1S/C19H22N4O3/c1-21-9-4-7-19(18(21)26)8-10-22(13-19)16(24)12-23-17(25)15-6-3-2-5-14(15)11-20-23/h2-3,5-6,11H,4,7-10,12-13H2,1H3/t19-/m1/s1. The number of amides is 2. The molecular weight excluding hydrogens is 332 g/mol. The Morgan fingerprint density at radius 3 is 2.85 bits per heavy atom. The molecule has 7 nitrogen and oxygen atoms in total. The zero-order valence-corrected chi connectivity index (χ0v) is 14.9. The molecule has 4 rings (SSSR count). The highest BCUT2D eigenvalue weighted by Crippen LogP contribution is 2.39. The van der Waals surface area contributed by atoms with E-state index in [4.69, 9.17) is 0 Å². The van der Waals surface area contributed by atoms with Gasteiger partial charge in [-0.25, -0.2) is 4.68 Å². The molecular formula is C19H22N4O3. The highest BCUT2D eigenvalue weighted by molar-refractivity contribution is 5.86. The number of piperidine rings is 1. The van der Waals surface area contributed by atoms with Gasteiger partial charge < -0.3 is 9.80 Å². The molecule has 1 aromatic carbocycles. The Hall–Kier alpha value is -2.70. The van der Waals surface area contributed by atoms with E-state index in [1.165, 1.54) is 4.68 Å². The minimum absolute atomic E-state index is 0.0935. The molecule has 26 heavy (non-hydrogen) atoms. The van der Waals surface area contributed by atoms with Gasteiger partial charge in [0.1, 0.15) is 6.54 Å². The fraction of sp³-hybridized carbons (Fsp3) is 0.474. The van der Waals surface area contributed by atoms with Gasteiger partial charge in [-0.05, 0) is 25.3 Å². The lowest BCUT2D eigenvalue weighted by molar-refractivity contribution is -0.144. The molecule has 2 aliphatic heterocycles. The highest BCUT2D eigenvalue weighted by atomic mass is 16.2. The summed E-state index contributed by atoms with van der Waals surface area (Å²) in [4.78, 5) is 41.3. The van der Waals surface area contributed by atoms with Crippen LogP contribution in [0.4, 0.5) is 0 Å². The van der Waals surface area contributed by atoms with Crippen molar-refractivity contribution in [2.75, 3.05) is 26.7 Å². The summed E-state index contributed by atoms with van der Waals surface area (Å²) in [5.41, 5.74) is -0.705. The van der Waals surface area contributed by atoms with Crippen LogP contribution in [0.2, 0.25) is 0 Å². The van der Waals surface area contributed by atoms with Gasteiger partial charge in [0.15, 0.2) is 0 Å². The number of benzene rings is 1.